The summed E-state index contributed by atoms with van der Waals surface area (Å²) in [6, 6.07) is 9.00. The maximum absolute atomic E-state index is 14.5. The highest BCUT2D eigenvalue weighted by Crippen LogP contribution is 2.73. The Kier molecular flexibility index (Phi) is 27.0. The van der Waals surface area contributed by atoms with Gasteiger partial charge in [-0.1, -0.05) is 80.5 Å². The van der Waals surface area contributed by atoms with E-state index in [0.29, 0.717) is 98.9 Å². The van der Waals surface area contributed by atoms with Crippen molar-refractivity contribution in [1.82, 2.24) is 0 Å². The molecule has 28 atom stereocenters. The molecule has 1 aromatic carbocycles. The predicted molar refractivity (Wildman–Crippen MR) is 456 cm³/mol. The molecule has 15 aliphatic rings. The van der Waals surface area contributed by atoms with Gasteiger partial charge in [0.2, 0.25) is 0 Å². The zero-order valence-corrected chi connectivity index (χ0v) is 75.6. The second-order valence-corrected chi connectivity index (χ2v) is 48.4. The van der Waals surface area contributed by atoms with Crippen molar-refractivity contribution in [2.75, 3.05) is 28.4 Å². The summed E-state index contributed by atoms with van der Waals surface area (Å²) in [6.45, 7) is 29.0. The number of benzene rings is 1. The van der Waals surface area contributed by atoms with Crippen LogP contribution in [-0.2, 0) is 24.0 Å². The molecule has 12 nitrogen and oxygen atoms in total. The molecule has 113 heavy (non-hydrogen) atoms. The van der Waals surface area contributed by atoms with Crippen LogP contribution in [0.3, 0.4) is 0 Å². The number of rotatable bonds is 17. The van der Waals surface area contributed by atoms with E-state index in [-0.39, 0.29) is 17.4 Å². The van der Waals surface area contributed by atoms with Gasteiger partial charge in [-0.15, -0.1) is 0 Å². The molecule has 0 heterocycles. The highest BCUT2D eigenvalue weighted by Gasteiger charge is 2.66. The Morgan fingerprint density at radius 3 is 0.982 bits per heavy atom. The third-order valence-electron chi connectivity index (χ3n) is 40.4. The van der Waals surface area contributed by atoms with Crippen LogP contribution in [0.5, 0.6) is 0 Å². The van der Waals surface area contributed by atoms with Gasteiger partial charge in [0.05, 0.1) is 62.1 Å². The minimum absolute atomic E-state index is 0.0300. The van der Waals surface area contributed by atoms with Crippen molar-refractivity contribution in [2.45, 2.75) is 428 Å². The Labute approximate surface area is 689 Å². The average molecular weight is 1600 g/mol. The van der Waals surface area contributed by atoms with Gasteiger partial charge in [-0.05, 0) is 454 Å². The van der Waals surface area contributed by atoms with Gasteiger partial charge in [-0.3, -0.25) is 0 Å². The van der Waals surface area contributed by atoms with Crippen molar-refractivity contribution in [3.63, 3.8) is 0 Å². The van der Waals surface area contributed by atoms with E-state index >= 15 is 0 Å². The average Bonchev–Trinajstić information content (AvgIpc) is 1.67. The number of ether oxygens (including phenoxy) is 3. The molecular formula is C100H170O12S. The van der Waals surface area contributed by atoms with Gasteiger partial charge in [0.25, 0.3) is 0 Å². The first-order chi connectivity index (χ1) is 53.2. The van der Waals surface area contributed by atoms with E-state index in [4.69, 9.17) is 19.3 Å². The number of sulfone groups is 1. The molecule has 15 fully saturated rings. The van der Waals surface area contributed by atoms with Gasteiger partial charge in [0, 0.05) is 28.4 Å². The second kappa shape index (κ2) is 34.1. The van der Waals surface area contributed by atoms with Crippen LogP contribution >= 0.6 is 0 Å². The molecule has 15 saturated carbocycles. The number of aliphatic hydroxyl groups is 7. The van der Waals surface area contributed by atoms with Crippen LogP contribution in [0.1, 0.15) is 366 Å². The lowest BCUT2D eigenvalue weighted by atomic mass is 9.43. The number of methoxy groups -OCH3 is 3. The molecule has 0 spiro atoms. The van der Waals surface area contributed by atoms with Gasteiger partial charge < -0.3 is 50.0 Å². The van der Waals surface area contributed by atoms with Crippen molar-refractivity contribution in [3.8, 4) is 0 Å². The molecule has 1 unspecified atom stereocenters. The molecule has 0 aliphatic heterocycles. The highest BCUT2D eigenvalue weighted by atomic mass is 32.2. The molecule has 0 radical (unpaired) electrons. The molecule has 1 aromatic rings. The van der Waals surface area contributed by atoms with E-state index in [1.807, 2.05) is 39.3 Å². The zero-order valence-electron chi connectivity index (χ0n) is 74.8. The van der Waals surface area contributed by atoms with E-state index in [9.17, 15) is 39.1 Å². The highest BCUT2D eigenvalue weighted by molar-refractivity contribution is 7.92. The van der Waals surface area contributed by atoms with E-state index in [2.05, 4.69) is 76.2 Å². The molecule has 7 N–H and O–H groups in total. The maximum atomic E-state index is 14.5. The van der Waals surface area contributed by atoms with E-state index < -0.39 is 48.7 Å². The fourth-order valence-electron chi connectivity index (χ4n) is 33.3. The second-order valence-electron chi connectivity index (χ2n) is 46.2. The van der Waals surface area contributed by atoms with E-state index in [1.54, 1.807) is 19.2 Å². The summed E-state index contributed by atoms with van der Waals surface area (Å²) < 4.78 is 45.6. The minimum atomic E-state index is -3.63. The Balaban J connectivity index is 0.000000148. The number of aliphatic hydroxyl groups excluding tert-OH is 1. The van der Waals surface area contributed by atoms with Crippen molar-refractivity contribution < 1.29 is 58.4 Å². The summed E-state index contributed by atoms with van der Waals surface area (Å²) in [4.78, 5) is 0.392. The maximum Gasteiger partial charge on any atom is 0.181 e. The quantitative estimate of drug-likeness (QED) is 0.0779. The van der Waals surface area contributed by atoms with Crippen molar-refractivity contribution >= 4 is 9.84 Å². The Morgan fingerprint density at radius 2 is 0.655 bits per heavy atom. The molecule has 0 amide bonds. The third kappa shape index (κ3) is 17.5. The lowest BCUT2D eigenvalue weighted by Gasteiger charge is -2.62. The van der Waals surface area contributed by atoms with Crippen molar-refractivity contribution in [2.24, 2.45) is 139 Å². The van der Waals surface area contributed by atoms with Gasteiger partial charge in [0.1, 0.15) is 0 Å². The summed E-state index contributed by atoms with van der Waals surface area (Å²) >= 11 is 0. The number of hydrogen-bond acceptors (Lipinski definition) is 12. The first kappa shape index (κ1) is 89.5. The van der Waals surface area contributed by atoms with Crippen LogP contribution < -0.4 is 0 Å². The van der Waals surface area contributed by atoms with Crippen LogP contribution in [0.15, 0.2) is 35.2 Å². The fourth-order valence-corrected chi connectivity index (χ4v) is 35.5. The molecule has 648 valence electrons. The fraction of sp³-hybridized carbons (Fsp3) is 0.940. The largest absolute Gasteiger partial charge is 0.400 e. The van der Waals surface area contributed by atoms with Gasteiger partial charge in [0.15, 0.2) is 9.84 Å². The Bertz CT molecular complexity index is 3250. The van der Waals surface area contributed by atoms with Crippen LogP contribution in [0.25, 0.3) is 0 Å². The topological polar surface area (TPSA) is 203 Å². The normalized spacial score (nSPS) is 50.2. The summed E-state index contributed by atoms with van der Waals surface area (Å²) in [5, 5.41) is 73.1. The number of fused-ring (bicyclic) bond motifs is 15. The molecular weight excluding hydrogens is 1430 g/mol. The van der Waals surface area contributed by atoms with Crippen LogP contribution in [0, 0.1) is 139 Å². The molecule has 0 saturated heterocycles. The summed E-state index contributed by atoms with van der Waals surface area (Å²) in [5.41, 5.74) is -0.875. The van der Waals surface area contributed by atoms with Gasteiger partial charge in [-0.2, -0.15) is 0 Å². The van der Waals surface area contributed by atoms with Gasteiger partial charge >= 0.3 is 0 Å². The first-order valence-corrected chi connectivity index (χ1v) is 49.4. The third-order valence-corrected chi connectivity index (χ3v) is 42.8. The van der Waals surface area contributed by atoms with Crippen LogP contribution in [0.4, 0.5) is 0 Å². The zero-order chi connectivity index (χ0) is 81.5. The van der Waals surface area contributed by atoms with Gasteiger partial charge in [-0.25, -0.2) is 8.42 Å². The minimum Gasteiger partial charge on any atom is -0.400 e. The molecule has 13 heteroatoms. The molecule has 16 rings (SSSR count). The van der Waals surface area contributed by atoms with Crippen molar-refractivity contribution in [1.29, 1.82) is 0 Å². The SMILES string of the molecule is CO.COC1CCC(O)(CC([C@@H](C)[C@H]2CC[C@H]3[C@@H]4CC[C@H]5C[C@@](C)(O)CC[C@]5(C)[C@H]4CC[C@]23C)S(=O)(=O)c2ccccc2)CC1.COC1CCC(O)(CC[C@@H](C)[C@H]2CC[C@H]3[C@@H]4CC[C@H]5C[C@@](C)(O)CC[C@]5(C)[C@H]4CC[C@]23C)CC1.COC1CCC(O)(CC[C@@H](C)[C@H]2CC[C@H]3[C@@H]4CC[C@H]5C[C@@](C)(O)CC[C@]5(C)[C@H]4CC[C@]23C)CC1. The molecule has 15 aliphatic carbocycles. The van der Waals surface area contributed by atoms with E-state index in [0.717, 1.165) is 201 Å². The smallest absolute Gasteiger partial charge is 0.181 e. The number of hydrogen-bond donors (Lipinski definition) is 7. The Hall–Kier alpha value is -1.23. The summed E-state index contributed by atoms with van der Waals surface area (Å²) in [6.07, 6.45) is 49.5. The van der Waals surface area contributed by atoms with Crippen LogP contribution in [0.2, 0.25) is 0 Å². The monoisotopic (exact) mass is 1600 g/mol. The van der Waals surface area contributed by atoms with E-state index in [1.165, 1.54) is 135 Å². The summed E-state index contributed by atoms with van der Waals surface area (Å²) in [7, 11) is 2.73. The summed E-state index contributed by atoms with van der Waals surface area (Å²) in [5.74, 6) is 12.9. The standard InChI is InChI=1S/C37H58O5S.2C31H54O3.CH4O/c1-25(33(43(40,41)28-9-7-6-8-10-28)24-37(39)19-15-27(42-5)16-20-37)30-13-14-31-29-12-11-26-23-34(2,38)21-22-35(26,3)32(29)17-18-36(30,31)4;2*1-21(10-15-31(33)16-11-23(34-5)12-17-31)25-8-9-26-24-7-6-22-20-28(2,32)18-19-29(22,3)27(24)13-14-30(25,26)4;1-2/h6-10,25-27,29-33,38-39H,11-24H2,1-5H3;2*21-27,32-33H,6-20H2,1-5H3;2H,1H3/t25-,26-,27?,29-,30+,31-,32-,33?,34-,35-,36+,37?;2*21-,22+,23?,24+,25-,26+,27+,28+,29+,30-,31?;/m011./s1. The van der Waals surface area contributed by atoms with Crippen molar-refractivity contribution in [3.05, 3.63) is 30.3 Å². The predicted octanol–water partition coefficient (Wildman–Crippen LogP) is 21.5. The molecule has 0 bridgehead atoms. The lowest BCUT2D eigenvalue weighted by molar-refractivity contribution is -0.148. The lowest BCUT2D eigenvalue weighted by Crippen LogP contribution is -2.56. The first-order valence-electron chi connectivity index (χ1n) is 47.9. The Morgan fingerprint density at radius 1 is 0.354 bits per heavy atom. The molecule has 0 aromatic heterocycles. The van der Waals surface area contributed by atoms with Crippen LogP contribution in [-0.4, -0.2) is 130 Å².